The Bertz CT molecular complexity index is 1420. The first-order valence-corrected chi connectivity index (χ1v) is 21.8. The molecule has 1 fully saturated rings. The van der Waals surface area contributed by atoms with E-state index in [0.717, 1.165) is 80.8 Å². The smallest absolute Gasteiger partial charge is 0.407 e. The second-order valence-corrected chi connectivity index (χ2v) is 20.1. The molecule has 47 heavy (non-hydrogen) atoms. The lowest BCUT2D eigenvalue weighted by molar-refractivity contribution is 0.0526. The van der Waals surface area contributed by atoms with Gasteiger partial charge in [0.25, 0.3) is 0 Å². The van der Waals surface area contributed by atoms with Gasteiger partial charge in [-0.3, -0.25) is 14.4 Å². The number of rotatable bonds is 13. The van der Waals surface area contributed by atoms with Gasteiger partial charge in [-0.15, -0.1) is 0 Å². The molecular formula is C35H59N5O5P2. The standard InChI is InChI=1S/C35H59N5O5P2/c1-10-44-47(9,43)33-23-28(3)21-31(38-33)26-40-19-18-39(25-30-20-27(2)22-32(37-30)46(7,8)42)17-13-15-29(24-40)14-11-12-16-36-34(41)45-35(4,5)6/h20-23,29H,10-19,24-26H2,1-9H3,(H,36,41)/t29-,47?/m1/s1. The average Bonchev–Trinajstić information content (AvgIpc) is 3.01. The van der Waals surface area contributed by atoms with Gasteiger partial charge < -0.3 is 19.1 Å². The van der Waals surface area contributed by atoms with Gasteiger partial charge in [-0.2, -0.15) is 0 Å². The molecule has 2 aromatic rings. The lowest BCUT2D eigenvalue weighted by atomic mass is 9.95. The number of aryl methyl sites for hydroxylation is 2. The zero-order valence-electron chi connectivity index (χ0n) is 30.3. The highest BCUT2D eigenvalue weighted by Gasteiger charge is 2.24. The number of alkyl carbamates (subject to hydrolysis) is 1. The fourth-order valence-electron chi connectivity index (χ4n) is 6.00. The van der Waals surface area contributed by atoms with E-state index in [1.165, 1.54) is 0 Å². The van der Waals surface area contributed by atoms with E-state index in [-0.39, 0.29) is 6.09 Å². The number of hydrogen-bond acceptors (Lipinski definition) is 9. The summed E-state index contributed by atoms with van der Waals surface area (Å²) >= 11 is 0. The van der Waals surface area contributed by atoms with Crippen LogP contribution in [0.25, 0.3) is 0 Å². The van der Waals surface area contributed by atoms with Crippen molar-refractivity contribution in [3.05, 3.63) is 46.8 Å². The fourth-order valence-corrected chi connectivity index (χ4v) is 8.26. The summed E-state index contributed by atoms with van der Waals surface area (Å²) in [6.45, 7) is 22.7. The van der Waals surface area contributed by atoms with Gasteiger partial charge in [-0.1, -0.05) is 6.42 Å². The zero-order valence-corrected chi connectivity index (χ0v) is 32.1. The van der Waals surface area contributed by atoms with Crippen molar-refractivity contribution in [3.8, 4) is 0 Å². The first kappa shape index (κ1) is 39.3. The predicted molar refractivity (Wildman–Crippen MR) is 193 cm³/mol. The molecule has 0 aliphatic carbocycles. The second kappa shape index (κ2) is 17.5. The molecule has 0 bridgehead atoms. The summed E-state index contributed by atoms with van der Waals surface area (Å²) in [4.78, 5) is 26.7. The molecule has 0 radical (unpaired) electrons. The maximum absolute atomic E-state index is 13.3. The molecule has 2 atom stereocenters. The van der Waals surface area contributed by atoms with Gasteiger partial charge in [0.1, 0.15) is 18.2 Å². The van der Waals surface area contributed by atoms with Crippen LogP contribution in [0.15, 0.2) is 24.3 Å². The summed E-state index contributed by atoms with van der Waals surface area (Å²) in [6.07, 6.45) is 4.79. The number of nitrogens with one attached hydrogen (secondary N) is 1. The van der Waals surface area contributed by atoms with Crippen molar-refractivity contribution in [1.82, 2.24) is 25.1 Å². The highest BCUT2D eigenvalue weighted by atomic mass is 31.2. The molecule has 3 heterocycles. The van der Waals surface area contributed by atoms with E-state index < -0.39 is 20.1 Å². The Morgan fingerprint density at radius 1 is 0.915 bits per heavy atom. The third kappa shape index (κ3) is 14.1. The quantitative estimate of drug-likeness (QED) is 0.190. The fraction of sp³-hybridized carbons (Fsp3) is 0.686. The van der Waals surface area contributed by atoms with Crippen molar-refractivity contribution < 1.29 is 23.2 Å². The van der Waals surface area contributed by atoms with E-state index >= 15 is 0 Å². The normalized spacial score (nSPS) is 18.5. The number of unbranched alkanes of at least 4 members (excludes halogenated alkanes) is 1. The summed E-state index contributed by atoms with van der Waals surface area (Å²) < 4.78 is 37.1. The van der Waals surface area contributed by atoms with Crippen LogP contribution in [0.3, 0.4) is 0 Å². The summed E-state index contributed by atoms with van der Waals surface area (Å²) in [5, 5.41) is 2.89. The van der Waals surface area contributed by atoms with Crippen molar-refractivity contribution in [2.75, 3.05) is 59.3 Å². The number of aromatic nitrogens is 2. The molecule has 12 heteroatoms. The van der Waals surface area contributed by atoms with Crippen molar-refractivity contribution in [2.24, 2.45) is 5.92 Å². The second-order valence-electron chi connectivity index (χ2n) is 14.5. The number of carbonyl (C=O) groups excluding carboxylic acids is 1. The minimum atomic E-state index is -3.00. The number of hydrogen-bond donors (Lipinski definition) is 1. The van der Waals surface area contributed by atoms with Crippen LogP contribution in [-0.2, 0) is 31.5 Å². The van der Waals surface area contributed by atoms with Crippen LogP contribution in [0.4, 0.5) is 4.79 Å². The molecule has 3 rings (SSSR count). The van der Waals surface area contributed by atoms with Crippen LogP contribution in [-0.4, -0.2) is 90.8 Å². The van der Waals surface area contributed by atoms with Gasteiger partial charge in [0, 0.05) is 45.9 Å². The first-order valence-electron chi connectivity index (χ1n) is 17.1. The highest BCUT2D eigenvalue weighted by Crippen LogP contribution is 2.40. The maximum atomic E-state index is 13.3. The average molecular weight is 692 g/mol. The molecule has 2 aromatic heterocycles. The Morgan fingerprint density at radius 2 is 1.51 bits per heavy atom. The third-order valence-electron chi connectivity index (χ3n) is 8.18. The van der Waals surface area contributed by atoms with Crippen LogP contribution in [0.5, 0.6) is 0 Å². The van der Waals surface area contributed by atoms with E-state index in [0.29, 0.717) is 43.0 Å². The number of carbonyl (C=O) groups is 1. The summed E-state index contributed by atoms with van der Waals surface area (Å²) in [7, 11) is -5.46. The molecule has 1 aliphatic rings. The lowest BCUT2D eigenvalue weighted by Gasteiger charge is -2.28. The highest BCUT2D eigenvalue weighted by molar-refractivity contribution is 7.69. The van der Waals surface area contributed by atoms with Gasteiger partial charge in [0.05, 0.1) is 23.4 Å². The maximum Gasteiger partial charge on any atom is 0.407 e. The van der Waals surface area contributed by atoms with Gasteiger partial charge >= 0.3 is 6.09 Å². The van der Waals surface area contributed by atoms with Crippen molar-refractivity contribution in [1.29, 1.82) is 0 Å². The van der Waals surface area contributed by atoms with E-state index in [4.69, 9.17) is 19.2 Å². The molecule has 0 saturated carbocycles. The van der Waals surface area contributed by atoms with E-state index in [1.54, 1.807) is 20.0 Å². The molecule has 1 saturated heterocycles. The minimum absolute atomic E-state index is 0.367. The zero-order chi connectivity index (χ0) is 34.8. The Morgan fingerprint density at radius 3 is 2.13 bits per heavy atom. The summed E-state index contributed by atoms with van der Waals surface area (Å²) in [5.41, 5.74) is 4.69. The van der Waals surface area contributed by atoms with Gasteiger partial charge in [-0.05, 0) is 128 Å². The summed E-state index contributed by atoms with van der Waals surface area (Å²) in [6, 6.07) is 8.02. The molecule has 1 N–H and O–H groups in total. The lowest BCUT2D eigenvalue weighted by Crippen LogP contribution is -2.36. The predicted octanol–water partition coefficient (Wildman–Crippen LogP) is 6.32. The van der Waals surface area contributed by atoms with Gasteiger partial charge in [0.15, 0.2) is 0 Å². The number of amides is 1. The van der Waals surface area contributed by atoms with E-state index in [1.807, 2.05) is 53.7 Å². The Kier molecular flexibility index (Phi) is 14.7. The van der Waals surface area contributed by atoms with Crippen LogP contribution in [0.1, 0.15) is 82.3 Å². The van der Waals surface area contributed by atoms with Gasteiger partial charge in [-0.25, -0.2) is 14.8 Å². The van der Waals surface area contributed by atoms with E-state index in [9.17, 15) is 13.9 Å². The molecule has 1 aliphatic heterocycles. The largest absolute Gasteiger partial charge is 0.444 e. The topological polar surface area (TPSA) is 114 Å². The summed E-state index contributed by atoms with van der Waals surface area (Å²) in [5.74, 6) is 0.496. The SMILES string of the molecule is CCOP(C)(=O)c1cc(C)cc(CN2CCN(Cc3cc(C)cc(P(C)(C)=O)n3)CCC[C@@H](CCCCNC(=O)OC(C)(C)C)C2)n1. The van der Waals surface area contributed by atoms with Gasteiger partial charge in [0.2, 0.25) is 7.37 Å². The Balaban J connectivity index is 1.75. The van der Waals surface area contributed by atoms with Crippen LogP contribution >= 0.6 is 14.5 Å². The molecule has 1 amide bonds. The number of nitrogens with zero attached hydrogens (tertiary/aromatic N) is 4. The molecule has 1 unspecified atom stereocenters. The van der Waals surface area contributed by atoms with Crippen molar-refractivity contribution in [2.45, 2.75) is 92.3 Å². The number of ether oxygens (including phenoxy) is 1. The third-order valence-corrected chi connectivity index (χ3v) is 11.3. The first-order chi connectivity index (χ1) is 21.9. The molecule has 0 spiro atoms. The number of pyridine rings is 2. The van der Waals surface area contributed by atoms with Crippen molar-refractivity contribution >= 4 is 31.5 Å². The molecule has 0 aromatic carbocycles. The van der Waals surface area contributed by atoms with Crippen LogP contribution in [0, 0.1) is 19.8 Å². The Labute approximate surface area is 283 Å². The molecule has 264 valence electrons. The van der Waals surface area contributed by atoms with Crippen molar-refractivity contribution in [3.63, 3.8) is 0 Å². The molecule has 10 nitrogen and oxygen atoms in total. The molecular weight excluding hydrogens is 632 g/mol. The van der Waals surface area contributed by atoms with Crippen LogP contribution in [0.2, 0.25) is 0 Å². The van der Waals surface area contributed by atoms with E-state index in [2.05, 4.69) is 27.2 Å². The minimum Gasteiger partial charge on any atom is -0.444 e. The van der Waals surface area contributed by atoms with Crippen LogP contribution < -0.4 is 16.2 Å². The Hall–Kier alpha value is -2.09. The monoisotopic (exact) mass is 691 g/mol.